The molecular weight excluding hydrogens is 188 g/mol. The van der Waals surface area contributed by atoms with E-state index in [0.717, 1.165) is 32.4 Å². The van der Waals surface area contributed by atoms with Crippen LogP contribution in [0.5, 0.6) is 0 Å². The Morgan fingerprint density at radius 3 is 2.73 bits per heavy atom. The molecular formula is C12H24N2O. The van der Waals surface area contributed by atoms with Gasteiger partial charge in [-0.15, -0.1) is 0 Å². The largest absolute Gasteiger partial charge is 0.326 e. The second kappa shape index (κ2) is 5.08. The molecule has 1 unspecified atom stereocenters. The highest BCUT2D eigenvalue weighted by Gasteiger charge is 2.24. The van der Waals surface area contributed by atoms with Gasteiger partial charge < -0.3 is 10.6 Å². The molecule has 2 N–H and O–H groups in total. The van der Waals surface area contributed by atoms with E-state index in [1.165, 1.54) is 0 Å². The van der Waals surface area contributed by atoms with Crippen molar-refractivity contribution in [2.24, 2.45) is 11.7 Å². The topological polar surface area (TPSA) is 46.3 Å². The fourth-order valence-corrected chi connectivity index (χ4v) is 2.08. The SMILES string of the molecule is CN1CCCC(C(=O)CCC(C)(C)N)C1. The normalized spacial score (nSPS) is 24.1. The maximum atomic E-state index is 11.9. The van der Waals surface area contributed by atoms with Crippen molar-refractivity contribution in [3.05, 3.63) is 0 Å². The first-order chi connectivity index (χ1) is 6.88. The van der Waals surface area contributed by atoms with Crippen molar-refractivity contribution >= 4 is 5.78 Å². The summed E-state index contributed by atoms with van der Waals surface area (Å²) in [5.41, 5.74) is 5.67. The average molecular weight is 212 g/mol. The molecule has 0 bridgehead atoms. The minimum absolute atomic E-state index is 0.212. The molecule has 1 heterocycles. The summed E-state index contributed by atoms with van der Waals surface area (Å²) in [6, 6.07) is 0. The zero-order valence-corrected chi connectivity index (χ0v) is 10.3. The Balaban J connectivity index is 2.33. The van der Waals surface area contributed by atoms with E-state index in [4.69, 9.17) is 5.73 Å². The van der Waals surface area contributed by atoms with Gasteiger partial charge in [-0.1, -0.05) is 0 Å². The minimum atomic E-state index is -0.212. The van der Waals surface area contributed by atoms with Gasteiger partial charge in [-0.05, 0) is 46.7 Å². The molecule has 0 saturated carbocycles. The molecule has 0 spiro atoms. The van der Waals surface area contributed by atoms with Crippen molar-refractivity contribution in [3.8, 4) is 0 Å². The Hall–Kier alpha value is -0.410. The first-order valence-corrected chi connectivity index (χ1v) is 5.88. The lowest BCUT2D eigenvalue weighted by Crippen LogP contribution is -2.38. The number of piperidine rings is 1. The fourth-order valence-electron chi connectivity index (χ4n) is 2.08. The van der Waals surface area contributed by atoms with Crippen LogP contribution in [-0.4, -0.2) is 36.4 Å². The third-order valence-electron chi connectivity index (χ3n) is 3.10. The smallest absolute Gasteiger partial charge is 0.137 e. The number of nitrogens with zero attached hydrogens (tertiary/aromatic N) is 1. The molecule has 1 atom stereocenters. The molecule has 0 aromatic heterocycles. The molecule has 0 aromatic rings. The lowest BCUT2D eigenvalue weighted by atomic mass is 9.89. The quantitative estimate of drug-likeness (QED) is 0.766. The van der Waals surface area contributed by atoms with Gasteiger partial charge in [0, 0.05) is 24.4 Å². The van der Waals surface area contributed by atoms with Gasteiger partial charge in [0.15, 0.2) is 0 Å². The van der Waals surface area contributed by atoms with Crippen LogP contribution in [0, 0.1) is 5.92 Å². The Morgan fingerprint density at radius 1 is 1.53 bits per heavy atom. The summed E-state index contributed by atoms with van der Waals surface area (Å²) in [6.07, 6.45) is 3.65. The van der Waals surface area contributed by atoms with E-state index in [1.54, 1.807) is 0 Å². The average Bonchev–Trinajstić information content (AvgIpc) is 2.13. The van der Waals surface area contributed by atoms with Crippen molar-refractivity contribution in [3.63, 3.8) is 0 Å². The Labute approximate surface area is 93.0 Å². The predicted molar refractivity (Wildman–Crippen MR) is 62.7 cm³/mol. The second-order valence-electron chi connectivity index (χ2n) is 5.56. The van der Waals surface area contributed by atoms with Crippen LogP contribution in [0.25, 0.3) is 0 Å². The number of Topliss-reactive ketones (excluding diaryl/α,β-unsaturated/α-hetero) is 1. The fraction of sp³-hybridized carbons (Fsp3) is 0.917. The summed E-state index contributed by atoms with van der Waals surface area (Å²) in [7, 11) is 2.09. The van der Waals surface area contributed by atoms with Crippen molar-refractivity contribution in [2.45, 2.75) is 45.1 Å². The zero-order valence-electron chi connectivity index (χ0n) is 10.3. The van der Waals surface area contributed by atoms with Crippen LogP contribution in [0.4, 0.5) is 0 Å². The van der Waals surface area contributed by atoms with Gasteiger partial charge in [-0.2, -0.15) is 0 Å². The first kappa shape index (κ1) is 12.7. The Morgan fingerprint density at radius 2 is 2.20 bits per heavy atom. The number of carbonyl (C=O) groups excluding carboxylic acids is 1. The second-order valence-corrected chi connectivity index (χ2v) is 5.56. The first-order valence-electron chi connectivity index (χ1n) is 5.88. The van der Waals surface area contributed by atoms with Crippen molar-refractivity contribution in [1.29, 1.82) is 0 Å². The molecule has 0 radical (unpaired) electrons. The van der Waals surface area contributed by atoms with E-state index in [0.29, 0.717) is 12.2 Å². The number of hydrogen-bond acceptors (Lipinski definition) is 3. The van der Waals surface area contributed by atoms with Gasteiger partial charge in [-0.25, -0.2) is 0 Å². The van der Waals surface area contributed by atoms with Crippen LogP contribution in [0.15, 0.2) is 0 Å². The predicted octanol–water partition coefficient (Wildman–Crippen LogP) is 1.41. The maximum absolute atomic E-state index is 11.9. The summed E-state index contributed by atoms with van der Waals surface area (Å²) in [4.78, 5) is 14.2. The highest BCUT2D eigenvalue weighted by atomic mass is 16.1. The molecule has 0 aromatic carbocycles. The van der Waals surface area contributed by atoms with Crippen LogP contribution >= 0.6 is 0 Å². The van der Waals surface area contributed by atoms with Crippen LogP contribution in [0.1, 0.15) is 39.5 Å². The molecule has 1 aliphatic heterocycles. The van der Waals surface area contributed by atoms with Crippen molar-refractivity contribution in [2.75, 3.05) is 20.1 Å². The van der Waals surface area contributed by atoms with Crippen LogP contribution in [-0.2, 0) is 4.79 Å². The highest BCUT2D eigenvalue weighted by molar-refractivity contribution is 5.81. The van der Waals surface area contributed by atoms with E-state index in [1.807, 2.05) is 13.8 Å². The molecule has 3 heteroatoms. The Kier molecular flexibility index (Phi) is 4.29. The molecule has 1 fully saturated rings. The molecule has 1 aliphatic rings. The summed E-state index contributed by atoms with van der Waals surface area (Å²) in [5.74, 6) is 0.658. The summed E-state index contributed by atoms with van der Waals surface area (Å²) in [6.45, 7) is 6.02. The third kappa shape index (κ3) is 4.76. The van der Waals surface area contributed by atoms with Crippen molar-refractivity contribution < 1.29 is 4.79 Å². The summed E-state index contributed by atoms with van der Waals surface area (Å²) < 4.78 is 0. The summed E-state index contributed by atoms with van der Waals surface area (Å²) >= 11 is 0. The van der Waals surface area contributed by atoms with E-state index in [2.05, 4.69) is 11.9 Å². The monoisotopic (exact) mass is 212 g/mol. The van der Waals surface area contributed by atoms with E-state index < -0.39 is 0 Å². The highest BCUT2D eigenvalue weighted by Crippen LogP contribution is 2.19. The van der Waals surface area contributed by atoms with Crippen LogP contribution in [0.2, 0.25) is 0 Å². The molecule has 3 nitrogen and oxygen atoms in total. The zero-order chi connectivity index (χ0) is 11.5. The van der Waals surface area contributed by atoms with Crippen LogP contribution < -0.4 is 5.73 Å². The van der Waals surface area contributed by atoms with Gasteiger partial charge in [0.2, 0.25) is 0 Å². The number of nitrogens with two attached hydrogens (primary N) is 1. The van der Waals surface area contributed by atoms with E-state index in [-0.39, 0.29) is 11.5 Å². The van der Waals surface area contributed by atoms with Gasteiger partial charge in [0.25, 0.3) is 0 Å². The standard InChI is InChI=1S/C12H24N2O/c1-12(2,13)7-6-11(15)10-5-4-8-14(3)9-10/h10H,4-9,13H2,1-3H3. The molecule has 1 rings (SSSR count). The molecule has 88 valence electrons. The maximum Gasteiger partial charge on any atom is 0.137 e. The van der Waals surface area contributed by atoms with Gasteiger partial charge >= 0.3 is 0 Å². The van der Waals surface area contributed by atoms with Crippen molar-refractivity contribution in [1.82, 2.24) is 4.90 Å². The third-order valence-corrected chi connectivity index (χ3v) is 3.10. The Bertz CT molecular complexity index is 220. The number of rotatable bonds is 4. The molecule has 0 amide bonds. The van der Waals surface area contributed by atoms with Gasteiger partial charge in [-0.3, -0.25) is 4.79 Å². The molecule has 1 saturated heterocycles. The number of carbonyl (C=O) groups is 1. The van der Waals surface area contributed by atoms with E-state index in [9.17, 15) is 4.79 Å². The lowest BCUT2D eigenvalue weighted by Gasteiger charge is -2.29. The summed E-state index contributed by atoms with van der Waals surface area (Å²) in [5, 5.41) is 0. The van der Waals surface area contributed by atoms with Crippen LogP contribution in [0.3, 0.4) is 0 Å². The number of likely N-dealkylation sites (tertiary alicyclic amines) is 1. The molecule has 0 aliphatic carbocycles. The van der Waals surface area contributed by atoms with Gasteiger partial charge in [0.05, 0.1) is 0 Å². The number of hydrogen-bond donors (Lipinski definition) is 1. The van der Waals surface area contributed by atoms with E-state index >= 15 is 0 Å². The number of ketones is 1. The lowest BCUT2D eigenvalue weighted by molar-refractivity contribution is -0.124. The molecule has 15 heavy (non-hydrogen) atoms. The van der Waals surface area contributed by atoms with Gasteiger partial charge in [0.1, 0.15) is 5.78 Å². The minimum Gasteiger partial charge on any atom is -0.326 e.